The van der Waals surface area contributed by atoms with Gasteiger partial charge in [0, 0.05) is 24.8 Å². The molecular formula is C20H26N2O5. The molecule has 1 aromatic rings. The average molecular weight is 374 g/mol. The molecule has 27 heavy (non-hydrogen) atoms. The van der Waals surface area contributed by atoms with Gasteiger partial charge in [0.15, 0.2) is 11.5 Å². The van der Waals surface area contributed by atoms with Crippen molar-refractivity contribution in [1.29, 1.82) is 0 Å². The maximum atomic E-state index is 11.1. The highest BCUT2D eigenvalue weighted by Crippen LogP contribution is 2.66. The summed E-state index contributed by atoms with van der Waals surface area (Å²) in [5, 5.41) is 22.9. The number of hydrogen-bond acceptors (Lipinski definition) is 6. The lowest BCUT2D eigenvalue weighted by atomic mass is 9.48. The topological polar surface area (TPSA) is 91.3 Å². The van der Waals surface area contributed by atoms with Crippen molar-refractivity contribution in [1.82, 2.24) is 10.2 Å². The molecule has 5 atom stereocenters. The maximum absolute atomic E-state index is 11.1. The Labute approximate surface area is 158 Å². The number of piperidine rings is 1. The summed E-state index contributed by atoms with van der Waals surface area (Å²) in [6.07, 6.45) is 3.11. The maximum Gasteiger partial charge on any atom is 0.317 e. The standard InChI is InChI=1S/C20H26N2O5/c1-22-8-7-19-16-11-3-4-13(23)17(16)27-18(19)12(21-10-15(24)25)5-6-20(19,26-2)14(22)9-11/h3-4,12,14,18,21,23H,5-10H2,1-2H3,(H,24,25)/t12-,14?,18-,19?,20+/m0/s1. The van der Waals surface area contributed by atoms with Gasteiger partial charge in [-0.1, -0.05) is 6.07 Å². The van der Waals surface area contributed by atoms with Crippen LogP contribution in [0.3, 0.4) is 0 Å². The van der Waals surface area contributed by atoms with Gasteiger partial charge in [0.2, 0.25) is 0 Å². The minimum absolute atomic E-state index is 0.0915. The summed E-state index contributed by atoms with van der Waals surface area (Å²) in [5.74, 6) is -0.136. The molecule has 5 rings (SSSR count). The smallest absolute Gasteiger partial charge is 0.317 e. The Bertz CT molecular complexity index is 814. The molecule has 1 spiro atoms. The third-order valence-corrected chi connectivity index (χ3v) is 7.57. The van der Waals surface area contributed by atoms with E-state index in [1.54, 1.807) is 13.2 Å². The van der Waals surface area contributed by atoms with E-state index >= 15 is 0 Å². The number of likely N-dealkylation sites (N-methyl/N-ethyl adjacent to an activating group) is 1. The van der Waals surface area contributed by atoms with Crippen molar-refractivity contribution < 1.29 is 24.5 Å². The van der Waals surface area contributed by atoms with Gasteiger partial charge in [0.1, 0.15) is 6.10 Å². The first-order chi connectivity index (χ1) is 12.9. The molecule has 2 aliphatic carbocycles. The number of likely N-dealkylation sites (tertiary alicyclic amines) is 1. The van der Waals surface area contributed by atoms with Crippen LogP contribution in [0.1, 0.15) is 30.4 Å². The molecule has 2 aliphatic heterocycles. The number of aliphatic carboxylic acids is 1. The van der Waals surface area contributed by atoms with Crippen LogP contribution < -0.4 is 10.1 Å². The number of hydrogen-bond donors (Lipinski definition) is 3. The third-order valence-electron chi connectivity index (χ3n) is 7.57. The van der Waals surface area contributed by atoms with E-state index in [2.05, 4.69) is 17.3 Å². The van der Waals surface area contributed by atoms with Crippen molar-refractivity contribution >= 4 is 5.97 Å². The Balaban J connectivity index is 1.71. The number of phenolic OH excluding ortho intramolecular Hbond substituents is 1. The van der Waals surface area contributed by atoms with E-state index < -0.39 is 11.6 Å². The minimum Gasteiger partial charge on any atom is -0.504 e. The number of methoxy groups -OCH3 is 1. The van der Waals surface area contributed by atoms with E-state index in [1.165, 1.54) is 5.56 Å². The van der Waals surface area contributed by atoms with Crippen LogP contribution in [-0.4, -0.2) is 72.1 Å². The second-order valence-corrected chi connectivity index (χ2v) is 8.42. The number of nitrogens with zero attached hydrogens (tertiary/aromatic N) is 1. The fraction of sp³-hybridized carbons (Fsp3) is 0.650. The van der Waals surface area contributed by atoms with E-state index in [1.807, 2.05) is 6.07 Å². The van der Waals surface area contributed by atoms with Crippen LogP contribution in [0.15, 0.2) is 12.1 Å². The number of benzene rings is 1. The van der Waals surface area contributed by atoms with Crippen LogP contribution in [0.5, 0.6) is 11.5 Å². The van der Waals surface area contributed by atoms with Crippen molar-refractivity contribution in [2.75, 3.05) is 27.2 Å². The van der Waals surface area contributed by atoms with Crippen LogP contribution in [0.4, 0.5) is 0 Å². The zero-order valence-corrected chi connectivity index (χ0v) is 15.7. The quantitative estimate of drug-likeness (QED) is 0.720. The number of carboxylic acids is 1. The van der Waals surface area contributed by atoms with Gasteiger partial charge >= 0.3 is 5.97 Å². The van der Waals surface area contributed by atoms with Crippen LogP contribution >= 0.6 is 0 Å². The van der Waals surface area contributed by atoms with Crippen molar-refractivity contribution in [3.63, 3.8) is 0 Å². The second-order valence-electron chi connectivity index (χ2n) is 8.42. The predicted octanol–water partition coefficient (Wildman–Crippen LogP) is 0.873. The van der Waals surface area contributed by atoms with Crippen molar-refractivity contribution in [2.45, 2.75) is 54.9 Å². The number of carboxylic acid groups (broad SMARTS) is 1. The van der Waals surface area contributed by atoms with Gasteiger partial charge in [-0.3, -0.25) is 4.79 Å². The van der Waals surface area contributed by atoms with Crippen LogP contribution in [0, 0.1) is 0 Å². The van der Waals surface area contributed by atoms with Gasteiger partial charge in [-0.25, -0.2) is 0 Å². The van der Waals surface area contributed by atoms with Gasteiger partial charge in [0.25, 0.3) is 0 Å². The van der Waals surface area contributed by atoms with Crippen LogP contribution in [0.2, 0.25) is 0 Å². The van der Waals surface area contributed by atoms with Gasteiger partial charge in [-0.05, 0) is 50.9 Å². The summed E-state index contributed by atoms with van der Waals surface area (Å²) in [6.45, 7) is 0.828. The number of carbonyl (C=O) groups is 1. The molecule has 1 saturated carbocycles. The lowest BCUT2D eigenvalue weighted by Crippen LogP contribution is -2.78. The Morgan fingerprint density at radius 1 is 1.44 bits per heavy atom. The van der Waals surface area contributed by atoms with E-state index in [0.717, 1.165) is 37.8 Å². The highest BCUT2D eigenvalue weighted by atomic mass is 16.5. The van der Waals surface area contributed by atoms with Crippen LogP contribution in [-0.2, 0) is 21.4 Å². The molecule has 2 unspecified atom stereocenters. The highest BCUT2D eigenvalue weighted by Gasteiger charge is 2.73. The first kappa shape index (κ1) is 17.3. The molecule has 0 aromatic heterocycles. The zero-order valence-electron chi connectivity index (χ0n) is 15.7. The minimum atomic E-state index is -0.875. The summed E-state index contributed by atoms with van der Waals surface area (Å²) in [4.78, 5) is 13.5. The average Bonchev–Trinajstić information content (AvgIpc) is 3.01. The molecule has 2 bridgehead atoms. The lowest BCUT2D eigenvalue weighted by molar-refractivity contribution is -0.203. The van der Waals surface area contributed by atoms with Gasteiger partial charge < -0.3 is 29.9 Å². The van der Waals surface area contributed by atoms with E-state index in [0.29, 0.717) is 5.75 Å². The Morgan fingerprint density at radius 2 is 2.26 bits per heavy atom. The summed E-state index contributed by atoms with van der Waals surface area (Å²) in [6, 6.07) is 3.89. The number of aromatic hydroxyl groups is 1. The molecule has 0 amide bonds. The number of rotatable bonds is 4. The van der Waals surface area contributed by atoms with E-state index in [9.17, 15) is 9.90 Å². The summed E-state index contributed by atoms with van der Waals surface area (Å²) < 4.78 is 12.8. The fourth-order valence-electron chi connectivity index (χ4n) is 6.57. The van der Waals surface area contributed by atoms with E-state index in [4.69, 9.17) is 14.6 Å². The summed E-state index contributed by atoms with van der Waals surface area (Å²) in [7, 11) is 3.95. The molecular weight excluding hydrogens is 348 g/mol. The number of ether oxygens (including phenoxy) is 2. The summed E-state index contributed by atoms with van der Waals surface area (Å²) >= 11 is 0. The fourth-order valence-corrected chi connectivity index (χ4v) is 6.57. The van der Waals surface area contributed by atoms with Crippen molar-refractivity contribution in [3.8, 4) is 11.5 Å². The Morgan fingerprint density at radius 3 is 3.00 bits per heavy atom. The van der Waals surface area contributed by atoms with Crippen molar-refractivity contribution in [3.05, 3.63) is 23.3 Å². The second kappa shape index (κ2) is 5.59. The van der Waals surface area contributed by atoms with Gasteiger partial charge in [-0.15, -0.1) is 0 Å². The molecule has 3 N–H and O–H groups in total. The molecule has 1 saturated heterocycles. The van der Waals surface area contributed by atoms with Crippen LogP contribution in [0.25, 0.3) is 0 Å². The summed E-state index contributed by atoms with van der Waals surface area (Å²) in [5.41, 5.74) is 1.56. The lowest BCUT2D eigenvalue weighted by Gasteiger charge is -2.65. The molecule has 0 radical (unpaired) electrons. The predicted molar refractivity (Wildman–Crippen MR) is 97.3 cm³/mol. The largest absolute Gasteiger partial charge is 0.504 e. The Kier molecular flexibility index (Phi) is 3.58. The number of nitrogens with one attached hydrogen (secondary N) is 1. The van der Waals surface area contributed by atoms with Gasteiger partial charge in [0.05, 0.1) is 17.6 Å². The Hall–Kier alpha value is -1.83. The number of phenols is 1. The highest BCUT2D eigenvalue weighted by molar-refractivity contribution is 5.69. The monoisotopic (exact) mass is 374 g/mol. The molecule has 146 valence electrons. The van der Waals surface area contributed by atoms with E-state index in [-0.39, 0.29) is 35.9 Å². The van der Waals surface area contributed by atoms with Crippen molar-refractivity contribution in [2.24, 2.45) is 0 Å². The third kappa shape index (κ3) is 1.94. The molecule has 1 aromatic carbocycles. The normalized spacial score (nSPS) is 39.0. The first-order valence-corrected chi connectivity index (χ1v) is 9.67. The zero-order chi connectivity index (χ0) is 19.0. The van der Waals surface area contributed by atoms with Gasteiger partial charge in [-0.2, -0.15) is 0 Å². The molecule has 2 heterocycles. The molecule has 7 heteroatoms. The SMILES string of the molecule is CO[C@@]12CC[C@H](NCC(=O)O)[C@@H]3Oc4c(O)ccc5c4C31CCN(C)C2C5. The molecule has 2 fully saturated rings. The molecule has 4 aliphatic rings. The molecule has 7 nitrogen and oxygen atoms in total. The first-order valence-electron chi connectivity index (χ1n) is 9.67.